The lowest BCUT2D eigenvalue weighted by Crippen LogP contribution is -2.31. The van der Waals surface area contributed by atoms with Crippen LogP contribution >= 0.6 is 0 Å². The molecule has 0 rings (SSSR count). The minimum atomic E-state index is 0.0205. The zero-order valence-corrected chi connectivity index (χ0v) is 6.70. The Morgan fingerprint density at radius 2 is 2.00 bits per heavy atom. The van der Waals surface area contributed by atoms with Crippen molar-refractivity contribution in [3.05, 3.63) is 0 Å². The highest BCUT2D eigenvalue weighted by atomic mass is 28.1. The molecule has 0 aromatic rings. The lowest BCUT2D eigenvalue weighted by atomic mass is 10.0. The van der Waals surface area contributed by atoms with Gasteiger partial charge in [0.15, 0.2) is 0 Å². The van der Waals surface area contributed by atoms with Gasteiger partial charge in [-0.3, -0.25) is 0 Å². The van der Waals surface area contributed by atoms with Crippen molar-refractivity contribution < 1.29 is 0 Å². The zero-order valence-electron chi connectivity index (χ0n) is 5.70. The molecule has 8 heavy (non-hydrogen) atoms. The Morgan fingerprint density at radius 3 is 2.12 bits per heavy atom. The van der Waals surface area contributed by atoms with Gasteiger partial charge < -0.3 is 5.73 Å². The standard InChI is InChI=1S/C6H14NSi/c1-6(2,7)4-3-5-8/h3-5,7H2,1-2H3. The van der Waals surface area contributed by atoms with Gasteiger partial charge in [-0.05, 0) is 20.3 Å². The molecule has 0 unspecified atom stereocenters. The van der Waals surface area contributed by atoms with Crippen molar-refractivity contribution in [2.45, 2.75) is 38.3 Å². The van der Waals surface area contributed by atoms with Crippen LogP contribution in [0.5, 0.6) is 0 Å². The van der Waals surface area contributed by atoms with Gasteiger partial charge in [0.05, 0.1) is 0 Å². The smallest absolute Gasteiger partial charge is 0.0222 e. The maximum atomic E-state index is 5.70. The summed E-state index contributed by atoms with van der Waals surface area (Å²) < 4.78 is 0. The Labute approximate surface area is 55.1 Å². The van der Waals surface area contributed by atoms with Crippen LogP contribution < -0.4 is 5.73 Å². The molecular weight excluding hydrogens is 114 g/mol. The first-order valence-electron chi connectivity index (χ1n) is 3.00. The molecule has 0 amide bonds. The van der Waals surface area contributed by atoms with E-state index in [0.717, 1.165) is 12.5 Å². The predicted molar refractivity (Wildman–Crippen MR) is 38.1 cm³/mol. The quantitative estimate of drug-likeness (QED) is 0.566. The zero-order chi connectivity index (χ0) is 6.62. The largest absolute Gasteiger partial charge is 0.326 e. The van der Waals surface area contributed by atoms with Crippen molar-refractivity contribution >= 4 is 10.2 Å². The Balaban J connectivity index is 3.11. The lowest BCUT2D eigenvalue weighted by molar-refractivity contribution is 0.470. The van der Waals surface area contributed by atoms with Crippen LogP contribution in [-0.2, 0) is 0 Å². The van der Waals surface area contributed by atoms with Crippen LogP contribution in [0.1, 0.15) is 26.7 Å². The Kier molecular flexibility index (Phi) is 3.32. The number of nitrogens with two attached hydrogens (primary N) is 1. The molecule has 0 aliphatic rings. The topological polar surface area (TPSA) is 26.0 Å². The van der Waals surface area contributed by atoms with Gasteiger partial charge in [0.2, 0.25) is 0 Å². The molecule has 0 atom stereocenters. The SMILES string of the molecule is CC(C)(N)CCC[Si]. The third kappa shape index (κ3) is 6.18. The van der Waals surface area contributed by atoms with Crippen LogP contribution in [-0.4, -0.2) is 15.8 Å². The summed E-state index contributed by atoms with van der Waals surface area (Å²) in [5, 5.41) is 0. The molecule has 47 valence electrons. The summed E-state index contributed by atoms with van der Waals surface area (Å²) in [6.45, 7) is 4.10. The van der Waals surface area contributed by atoms with Gasteiger partial charge in [-0.25, -0.2) is 0 Å². The highest BCUT2D eigenvalue weighted by Crippen LogP contribution is 2.07. The van der Waals surface area contributed by atoms with Gasteiger partial charge >= 0.3 is 0 Å². The van der Waals surface area contributed by atoms with Crippen LogP contribution in [0.25, 0.3) is 0 Å². The van der Waals surface area contributed by atoms with E-state index < -0.39 is 0 Å². The molecule has 1 nitrogen and oxygen atoms in total. The van der Waals surface area contributed by atoms with Gasteiger partial charge in [0.1, 0.15) is 0 Å². The van der Waals surface area contributed by atoms with E-state index in [4.69, 9.17) is 5.73 Å². The molecule has 0 spiro atoms. The molecule has 2 heteroatoms. The van der Waals surface area contributed by atoms with E-state index in [1.165, 1.54) is 6.42 Å². The molecule has 0 heterocycles. The first-order valence-corrected chi connectivity index (χ1v) is 3.70. The Bertz CT molecular complexity index is 56.0. The fourth-order valence-corrected chi connectivity index (χ4v) is 0.721. The molecule has 0 saturated heterocycles. The first kappa shape index (κ1) is 8.18. The second-order valence-corrected chi connectivity index (χ2v) is 3.34. The number of hydrogen-bond acceptors (Lipinski definition) is 1. The van der Waals surface area contributed by atoms with Crippen LogP contribution in [0.2, 0.25) is 6.04 Å². The molecule has 0 fully saturated rings. The van der Waals surface area contributed by atoms with Crippen molar-refractivity contribution in [1.82, 2.24) is 0 Å². The average molecular weight is 128 g/mol. The maximum Gasteiger partial charge on any atom is 0.0222 e. The molecule has 0 aliphatic heterocycles. The summed E-state index contributed by atoms with van der Waals surface area (Å²) >= 11 is 0. The van der Waals surface area contributed by atoms with Crippen LogP contribution in [0.15, 0.2) is 0 Å². The van der Waals surface area contributed by atoms with Crippen LogP contribution in [0.4, 0.5) is 0 Å². The van der Waals surface area contributed by atoms with Crippen molar-refractivity contribution in [3.8, 4) is 0 Å². The molecule has 0 bridgehead atoms. The molecule has 3 radical (unpaired) electrons. The van der Waals surface area contributed by atoms with E-state index in [1.54, 1.807) is 0 Å². The van der Waals surface area contributed by atoms with E-state index >= 15 is 0 Å². The second-order valence-electron chi connectivity index (χ2n) is 2.84. The third-order valence-corrected chi connectivity index (χ3v) is 1.35. The van der Waals surface area contributed by atoms with E-state index in [1.807, 2.05) is 0 Å². The summed E-state index contributed by atoms with van der Waals surface area (Å²) in [5.74, 6) is 0. The summed E-state index contributed by atoms with van der Waals surface area (Å²) in [4.78, 5) is 0. The Morgan fingerprint density at radius 1 is 1.50 bits per heavy atom. The summed E-state index contributed by atoms with van der Waals surface area (Å²) in [6.07, 6.45) is 2.26. The van der Waals surface area contributed by atoms with E-state index in [0.29, 0.717) is 0 Å². The summed E-state index contributed by atoms with van der Waals surface area (Å²) in [7, 11) is 3.39. The van der Waals surface area contributed by atoms with Crippen molar-refractivity contribution in [2.75, 3.05) is 0 Å². The van der Waals surface area contributed by atoms with Crippen LogP contribution in [0, 0.1) is 0 Å². The molecule has 0 aromatic heterocycles. The highest BCUT2D eigenvalue weighted by molar-refractivity contribution is 6.08. The monoisotopic (exact) mass is 128 g/mol. The van der Waals surface area contributed by atoms with E-state index in [-0.39, 0.29) is 5.54 Å². The summed E-state index contributed by atoms with van der Waals surface area (Å²) in [5.41, 5.74) is 5.72. The van der Waals surface area contributed by atoms with Crippen molar-refractivity contribution in [1.29, 1.82) is 0 Å². The maximum absolute atomic E-state index is 5.70. The average Bonchev–Trinajstić information content (AvgIpc) is 1.59. The van der Waals surface area contributed by atoms with E-state index in [2.05, 4.69) is 24.1 Å². The molecule has 0 aliphatic carbocycles. The lowest BCUT2D eigenvalue weighted by Gasteiger charge is -2.16. The highest BCUT2D eigenvalue weighted by Gasteiger charge is 2.07. The van der Waals surface area contributed by atoms with Crippen LogP contribution in [0.3, 0.4) is 0 Å². The van der Waals surface area contributed by atoms with Gasteiger partial charge in [0.25, 0.3) is 0 Å². The summed E-state index contributed by atoms with van der Waals surface area (Å²) in [6, 6.07) is 1.06. The van der Waals surface area contributed by atoms with E-state index in [9.17, 15) is 0 Å². The first-order chi connectivity index (χ1) is 3.56. The van der Waals surface area contributed by atoms with Gasteiger partial charge in [0, 0.05) is 15.8 Å². The number of rotatable bonds is 3. The molecule has 2 N–H and O–H groups in total. The molecule has 0 saturated carbocycles. The molecular formula is C6H14NSi. The van der Waals surface area contributed by atoms with Gasteiger partial charge in [-0.1, -0.05) is 12.5 Å². The van der Waals surface area contributed by atoms with Crippen molar-refractivity contribution in [3.63, 3.8) is 0 Å². The normalized spacial score (nSPS) is 12.0. The minimum Gasteiger partial charge on any atom is -0.326 e. The Hall–Kier alpha value is 0.177. The fourth-order valence-electron chi connectivity index (χ4n) is 0.544. The second kappa shape index (κ2) is 3.25. The molecule has 0 aromatic carbocycles. The third-order valence-electron chi connectivity index (χ3n) is 0.998. The fraction of sp³-hybridized carbons (Fsp3) is 1.00. The van der Waals surface area contributed by atoms with Gasteiger partial charge in [-0.2, -0.15) is 0 Å². The van der Waals surface area contributed by atoms with Crippen molar-refractivity contribution in [2.24, 2.45) is 5.73 Å². The predicted octanol–water partition coefficient (Wildman–Crippen LogP) is 1.09. The van der Waals surface area contributed by atoms with Gasteiger partial charge in [-0.15, -0.1) is 0 Å². The number of hydrogen-bond donors (Lipinski definition) is 1. The minimum absolute atomic E-state index is 0.0205.